The van der Waals surface area contributed by atoms with Gasteiger partial charge >= 0.3 is 0 Å². The third-order valence-electron chi connectivity index (χ3n) is 2.08. The second kappa shape index (κ2) is 4.35. The molecule has 2 heteroatoms. The topological polar surface area (TPSA) is 9.23 Å². The van der Waals surface area contributed by atoms with E-state index in [1.54, 1.807) is 7.11 Å². The van der Waals surface area contributed by atoms with Crippen LogP contribution < -0.4 is 4.74 Å². The Bertz CT molecular complexity index is 313. The van der Waals surface area contributed by atoms with Crippen molar-refractivity contribution in [2.75, 3.05) is 7.11 Å². The first-order valence-corrected chi connectivity index (χ1v) is 5.54. The lowest BCUT2D eigenvalue weighted by molar-refractivity contribution is 0.411. The van der Waals surface area contributed by atoms with Crippen molar-refractivity contribution < 1.29 is 4.74 Å². The summed E-state index contributed by atoms with van der Waals surface area (Å²) in [6, 6.07) is 6.33. The van der Waals surface area contributed by atoms with Gasteiger partial charge in [-0.25, -0.2) is 0 Å². The first-order valence-electron chi connectivity index (χ1n) is 4.75. The molecule has 0 saturated carbocycles. The number of aryl methyl sites for hydroxylation is 1. The van der Waals surface area contributed by atoms with E-state index in [-0.39, 0.29) is 4.32 Å². The molecule has 0 aliphatic rings. The number of methoxy groups -OCH3 is 1. The number of benzene rings is 1. The lowest BCUT2D eigenvalue weighted by Gasteiger charge is -2.16. The zero-order chi connectivity index (χ0) is 10.8. The Hall–Kier alpha value is -0.500. The molecule has 0 aliphatic carbocycles. The second-order valence-electron chi connectivity index (χ2n) is 4.20. The van der Waals surface area contributed by atoms with Crippen LogP contribution in [0.4, 0.5) is 0 Å². The zero-order valence-electron chi connectivity index (χ0n) is 9.23. The van der Waals surface area contributed by atoms with E-state index in [2.05, 4.69) is 48.8 Å². The van der Waals surface area contributed by atoms with Gasteiger partial charge in [-0.15, -0.1) is 0 Å². The smallest absolute Gasteiger partial charge is 0.121 e. The van der Waals surface area contributed by atoms with Crippen LogP contribution in [0.3, 0.4) is 0 Å². The molecule has 0 radical (unpaired) electrons. The summed E-state index contributed by atoms with van der Waals surface area (Å²) >= 11 is 3.64. The van der Waals surface area contributed by atoms with Crippen molar-refractivity contribution in [2.24, 2.45) is 0 Å². The van der Waals surface area contributed by atoms with Gasteiger partial charge in [0.2, 0.25) is 0 Å². The molecule has 0 amide bonds. The fourth-order valence-corrected chi connectivity index (χ4v) is 1.86. The van der Waals surface area contributed by atoms with E-state index in [0.717, 1.165) is 12.2 Å². The van der Waals surface area contributed by atoms with E-state index in [9.17, 15) is 0 Å². The number of rotatable bonds is 3. The Kier molecular flexibility index (Phi) is 3.59. The van der Waals surface area contributed by atoms with Crippen molar-refractivity contribution in [1.82, 2.24) is 0 Å². The maximum absolute atomic E-state index is 5.22. The molecular formula is C12H17BrO. The van der Waals surface area contributed by atoms with Crippen LogP contribution in [0.25, 0.3) is 0 Å². The van der Waals surface area contributed by atoms with E-state index >= 15 is 0 Å². The molecule has 0 bridgehead atoms. The van der Waals surface area contributed by atoms with Crippen LogP contribution in [-0.2, 0) is 6.42 Å². The molecule has 14 heavy (non-hydrogen) atoms. The van der Waals surface area contributed by atoms with E-state index in [4.69, 9.17) is 4.74 Å². The summed E-state index contributed by atoms with van der Waals surface area (Å²) in [4.78, 5) is 0. The average Bonchev–Trinajstić information content (AvgIpc) is 2.01. The highest BCUT2D eigenvalue weighted by molar-refractivity contribution is 9.10. The summed E-state index contributed by atoms with van der Waals surface area (Å²) in [5, 5.41) is 0. The van der Waals surface area contributed by atoms with Gasteiger partial charge in [-0.3, -0.25) is 0 Å². The van der Waals surface area contributed by atoms with Crippen molar-refractivity contribution in [1.29, 1.82) is 0 Å². The Morgan fingerprint density at radius 2 is 2.00 bits per heavy atom. The van der Waals surface area contributed by atoms with Crippen LogP contribution in [0.15, 0.2) is 18.2 Å². The molecule has 0 aliphatic heterocycles. The molecule has 1 rings (SSSR count). The highest BCUT2D eigenvalue weighted by Crippen LogP contribution is 2.25. The second-order valence-corrected chi connectivity index (χ2v) is 6.35. The number of alkyl halides is 1. The van der Waals surface area contributed by atoms with Crippen LogP contribution in [0, 0.1) is 6.92 Å². The number of halogens is 1. The minimum Gasteiger partial charge on any atom is -0.496 e. The summed E-state index contributed by atoms with van der Waals surface area (Å²) in [7, 11) is 1.70. The Labute approximate surface area is 94.6 Å². The molecule has 1 aromatic carbocycles. The van der Waals surface area contributed by atoms with Gasteiger partial charge in [0.05, 0.1) is 7.11 Å². The van der Waals surface area contributed by atoms with Crippen LogP contribution in [0.2, 0.25) is 0 Å². The summed E-state index contributed by atoms with van der Waals surface area (Å²) in [6.07, 6.45) is 1.03. The average molecular weight is 257 g/mol. The van der Waals surface area contributed by atoms with Crippen molar-refractivity contribution in [3.05, 3.63) is 29.3 Å². The van der Waals surface area contributed by atoms with Crippen LogP contribution in [0.1, 0.15) is 25.0 Å². The maximum atomic E-state index is 5.22. The molecular weight excluding hydrogens is 240 g/mol. The third-order valence-corrected chi connectivity index (χ3v) is 2.36. The van der Waals surface area contributed by atoms with Crippen LogP contribution in [-0.4, -0.2) is 11.4 Å². The molecule has 0 N–H and O–H groups in total. The third kappa shape index (κ3) is 3.33. The van der Waals surface area contributed by atoms with Crippen molar-refractivity contribution >= 4 is 15.9 Å². The minimum absolute atomic E-state index is 0.161. The fourth-order valence-electron chi connectivity index (χ4n) is 1.54. The predicted molar refractivity (Wildman–Crippen MR) is 64.4 cm³/mol. The van der Waals surface area contributed by atoms with Crippen LogP contribution in [0.5, 0.6) is 5.75 Å². The quantitative estimate of drug-likeness (QED) is 0.750. The van der Waals surface area contributed by atoms with Crippen molar-refractivity contribution in [3.63, 3.8) is 0 Å². The molecule has 0 saturated heterocycles. The Morgan fingerprint density at radius 1 is 1.36 bits per heavy atom. The standard InChI is InChI=1S/C12H17BrO/c1-9-7-10(8-12(2,3)13)5-6-11(9)14-4/h5-7H,8H2,1-4H3. The zero-order valence-corrected chi connectivity index (χ0v) is 10.8. The normalized spacial score (nSPS) is 11.5. The van der Waals surface area contributed by atoms with E-state index in [0.29, 0.717) is 0 Å². The molecule has 0 aromatic heterocycles. The Balaban J connectivity index is 2.87. The van der Waals surface area contributed by atoms with E-state index in [1.807, 2.05) is 6.07 Å². The van der Waals surface area contributed by atoms with Gasteiger partial charge in [-0.2, -0.15) is 0 Å². The summed E-state index contributed by atoms with van der Waals surface area (Å²) < 4.78 is 5.38. The Morgan fingerprint density at radius 3 is 2.43 bits per heavy atom. The number of hydrogen-bond acceptors (Lipinski definition) is 1. The molecule has 0 spiro atoms. The maximum Gasteiger partial charge on any atom is 0.121 e. The highest BCUT2D eigenvalue weighted by atomic mass is 79.9. The first-order chi connectivity index (χ1) is 6.42. The van der Waals surface area contributed by atoms with Gasteiger partial charge in [-0.05, 0) is 44.4 Å². The molecule has 78 valence electrons. The molecule has 0 heterocycles. The summed E-state index contributed by atoms with van der Waals surface area (Å²) in [6.45, 7) is 6.42. The van der Waals surface area contributed by atoms with E-state index in [1.165, 1.54) is 11.1 Å². The van der Waals surface area contributed by atoms with Gasteiger partial charge < -0.3 is 4.74 Å². The highest BCUT2D eigenvalue weighted by Gasteiger charge is 2.13. The SMILES string of the molecule is COc1ccc(CC(C)(C)Br)cc1C. The molecule has 0 atom stereocenters. The van der Waals surface area contributed by atoms with E-state index < -0.39 is 0 Å². The minimum atomic E-state index is 0.161. The summed E-state index contributed by atoms with van der Waals surface area (Å²) in [5.74, 6) is 0.959. The first kappa shape index (κ1) is 11.6. The predicted octanol–water partition coefficient (Wildman–Crippen LogP) is 3.72. The number of hydrogen-bond donors (Lipinski definition) is 0. The molecule has 1 nitrogen and oxygen atoms in total. The van der Waals surface area contributed by atoms with Gasteiger partial charge in [0.15, 0.2) is 0 Å². The molecule has 1 aromatic rings. The van der Waals surface area contributed by atoms with Gasteiger partial charge in [-0.1, -0.05) is 28.1 Å². The van der Waals surface area contributed by atoms with Crippen molar-refractivity contribution in [2.45, 2.75) is 31.5 Å². The van der Waals surface area contributed by atoms with Crippen molar-refractivity contribution in [3.8, 4) is 5.75 Å². The molecule has 0 fully saturated rings. The largest absolute Gasteiger partial charge is 0.496 e. The lowest BCUT2D eigenvalue weighted by Crippen LogP contribution is -2.13. The fraction of sp³-hybridized carbons (Fsp3) is 0.500. The number of ether oxygens (including phenoxy) is 1. The van der Waals surface area contributed by atoms with Gasteiger partial charge in [0.25, 0.3) is 0 Å². The lowest BCUT2D eigenvalue weighted by atomic mass is 10.0. The van der Waals surface area contributed by atoms with Gasteiger partial charge in [0.1, 0.15) is 5.75 Å². The van der Waals surface area contributed by atoms with Crippen LogP contribution >= 0.6 is 15.9 Å². The molecule has 0 unspecified atom stereocenters. The summed E-state index contributed by atoms with van der Waals surface area (Å²) in [5.41, 5.74) is 2.53. The monoisotopic (exact) mass is 256 g/mol. The van der Waals surface area contributed by atoms with Gasteiger partial charge in [0, 0.05) is 4.32 Å².